The summed E-state index contributed by atoms with van der Waals surface area (Å²) in [4.78, 5) is 24.5. The van der Waals surface area contributed by atoms with Crippen molar-refractivity contribution in [2.24, 2.45) is 5.41 Å². The Morgan fingerprint density at radius 3 is 2.50 bits per heavy atom. The number of aliphatic hydroxyl groups is 1. The van der Waals surface area contributed by atoms with E-state index in [-0.39, 0.29) is 25.0 Å². The first kappa shape index (κ1) is 24.5. The third kappa shape index (κ3) is 5.63. The quantitative estimate of drug-likeness (QED) is 0.455. The first-order chi connectivity index (χ1) is 17.4. The van der Waals surface area contributed by atoms with Crippen LogP contribution in [0.4, 0.5) is 5.95 Å². The summed E-state index contributed by atoms with van der Waals surface area (Å²) < 4.78 is 6.07. The Kier molecular flexibility index (Phi) is 7.12. The lowest BCUT2D eigenvalue weighted by Crippen LogP contribution is -2.35. The summed E-state index contributed by atoms with van der Waals surface area (Å²) in [7, 11) is 0. The molecule has 0 atom stereocenters. The first-order valence-electron chi connectivity index (χ1n) is 12.4. The molecule has 2 aliphatic rings. The molecular formula is C28H31ClN4O3. The Labute approximate surface area is 216 Å². The lowest BCUT2D eigenvalue weighted by molar-refractivity contribution is 0.0945. The van der Waals surface area contributed by atoms with Gasteiger partial charge in [-0.2, -0.15) is 4.98 Å². The van der Waals surface area contributed by atoms with Crippen LogP contribution < -0.4 is 15.0 Å². The standard InChI is InChI=1S/C28H31ClN4O3/c1-19-2-4-20(5-3-19)15-30-25(35)23-16-31-27(33-12-10-28(8-9-28)11-13-33)32-26(23)36-18-21-6-7-22(17-34)24(29)14-21/h2-7,14,16,34H,8-13,15,17-18H2,1H3,(H,30,35). The Morgan fingerprint density at radius 1 is 1.11 bits per heavy atom. The summed E-state index contributed by atoms with van der Waals surface area (Å²) >= 11 is 6.25. The second kappa shape index (κ2) is 10.4. The van der Waals surface area contributed by atoms with Gasteiger partial charge in [0.1, 0.15) is 12.2 Å². The summed E-state index contributed by atoms with van der Waals surface area (Å²) in [6, 6.07) is 13.4. The van der Waals surface area contributed by atoms with Crippen molar-refractivity contribution < 1.29 is 14.6 Å². The van der Waals surface area contributed by atoms with Gasteiger partial charge in [0.15, 0.2) is 0 Å². The molecule has 2 heterocycles. The maximum absolute atomic E-state index is 13.1. The summed E-state index contributed by atoms with van der Waals surface area (Å²) in [5, 5.41) is 12.8. The number of carbonyl (C=O) groups excluding carboxylic acids is 1. The number of aryl methyl sites for hydroxylation is 1. The minimum atomic E-state index is -0.290. The molecule has 1 amide bonds. The Bertz CT molecular complexity index is 1230. The lowest BCUT2D eigenvalue weighted by atomic mass is 9.94. The normalized spacial score (nSPS) is 16.1. The molecule has 7 nitrogen and oxygen atoms in total. The van der Waals surface area contributed by atoms with Crippen LogP contribution in [0.2, 0.25) is 5.02 Å². The highest BCUT2D eigenvalue weighted by Crippen LogP contribution is 2.53. The molecule has 0 unspecified atom stereocenters. The van der Waals surface area contributed by atoms with Gasteiger partial charge in [-0.1, -0.05) is 53.6 Å². The number of aliphatic hydroxyl groups excluding tert-OH is 1. The number of rotatable bonds is 8. The predicted octanol–water partition coefficient (Wildman–Crippen LogP) is 4.82. The van der Waals surface area contributed by atoms with Gasteiger partial charge in [0.25, 0.3) is 5.91 Å². The fourth-order valence-corrected chi connectivity index (χ4v) is 4.84. The lowest BCUT2D eigenvalue weighted by Gasteiger charge is -2.32. The highest BCUT2D eigenvalue weighted by atomic mass is 35.5. The number of anilines is 1. The predicted molar refractivity (Wildman–Crippen MR) is 139 cm³/mol. The van der Waals surface area contributed by atoms with Crippen molar-refractivity contribution >= 4 is 23.5 Å². The second-order valence-electron chi connectivity index (χ2n) is 9.92. The zero-order valence-electron chi connectivity index (χ0n) is 20.5. The number of benzene rings is 2. The molecule has 1 saturated carbocycles. The van der Waals surface area contributed by atoms with Crippen LogP contribution in [0.3, 0.4) is 0 Å². The smallest absolute Gasteiger partial charge is 0.258 e. The van der Waals surface area contributed by atoms with Gasteiger partial charge in [0.05, 0.1) is 6.61 Å². The minimum Gasteiger partial charge on any atom is -0.472 e. The van der Waals surface area contributed by atoms with Crippen molar-refractivity contribution in [2.75, 3.05) is 18.0 Å². The number of hydrogen-bond donors (Lipinski definition) is 2. The van der Waals surface area contributed by atoms with Crippen LogP contribution in [0.15, 0.2) is 48.7 Å². The van der Waals surface area contributed by atoms with E-state index in [0.29, 0.717) is 34.1 Å². The average Bonchev–Trinajstić information content (AvgIpc) is 3.66. The van der Waals surface area contributed by atoms with Crippen molar-refractivity contribution in [1.82, 2.24) is 15.3 Å². The molecule has 1 aliphatic heterocycles. The van der Waals surface area contributed by atoms with Gasteiger partial charge in [-0.25, -0.2) is 4.98 Å². The number of nitrogens with one attached hydrogen (secondary N) is 1. The van der Waals surface area contributed by atoms with Crippen molar-refractivity contribution in [3.05, 3.63) is 81.5 Å². The SMILES string of the molecule is Cc1ccc(CNC(=O)c2cnc(N3CCC4(CC3)CC4)nc2OCc2ccc(CO)c(Cl)c2)cc1. The molecule has 8 heteroatoms. The topological polar surface area (TPSA) is 87.6 Å². The van der Waals surface area contributed by atoms with Gasteiger partial charge in [0.2, 0.25) is 11.8 Å². The van der Waals surface area contributed by atoms with Gasteiger partial charge in [-0.3, -0.25) is 4.79 Å². The molecule has 3 aromatic rings. The molecular weight excluding hydrogens is 476 g/mol. The zero-order chi connectivity index (χ0) is 25.1. The summed E-state index contributed by atoms with van der Waals surface area (Å²) in [5.41, 5.74) is 4.49. The molecule has 5 rings (SSSR count). The monoisotopic (exact) mass is 506 g/mol. The largest absolute Gasteiger partial charge is 0.472 e. The highest BCUT2D eigenvalue weighted by molar-refractivity contribution is 6.31. The highest BCUT2D eigenvalue weighted by Gasteiger charge is 2.44. The summed E-state index contributed by atoms with van der Waals surface area (Å²) in [5.74, 6) is 0.543. The fraction of sp³-hybridized carbons (Fsp3) is 0.393. The van der Waals surface area contributed by atoms with Crippen LogP contribution in [-0.2, 0) is 19.8 Å². The Balaban J connectivity index is 1.34. The zero-order valence-corrected chi connectivity index (χ0v) is 21.2. The summed E-state index contributed by atoms with van der Waals surface area (Å²) in [6.07, 6.45) is 6.52. The van der Waals surface area contributed by atoms with E-state index >= 15 is 0 Å². The molecule has 0 radical (unpaired) electrons. The maximum atomic E-state index is 13.1. The van der Waals surface area contributed by atoms with Crippen LogP contribution in [-0.4, -0.2) is 34.1 Å². The van der Waals surface area contributed by atoms with Crippen LogP contribution in [0.5, 0.6) is 5.88 Å². The number of nitrogens with zero attached hydrogens (tertiary/aromatic N) is 3. The van der Waals surface area contributed by atoms with Gasteiger partial charge >= 0.3 is 0 Å². The first-order valence-corrected chi connectivity index (χ1v) is 12.8. The van der Waals surface area contributed by atoms with E-state index in [1.54, 1.807) is 18.3 Å². The molecule has 1 saturated heterocycles. The van der Waals surface area contributed by atoms with Gasteiger partial charge in [-0.15, -0.1) is 0 Å². The van der Waals surface area contributed by atoms with E-state index in [2.05, 4.69) is 20.2 Å². The number of hydrogen-bond acceptors (Lipinski definition) is 6. The van der Waals surface area contributed by atoms with Crippen LogP contribution in [0.25, 0.3) is 0 Å². The van der Waals surface area contributed by atoms with Gasteiger partial charge in [-0.05, 0) is 60.8 Å². The third-order valence-corrected chi connectivity index (χ3v) is 7.64. The molecule has 36 heavy (non-hydrogen) atoms. The summed E-state index contributed by atoms with van der Waals surface area (Å²) in [6.45, 7) is 4.31. The molecule has 1 aliphatic carbocycles. The minimum absolute atomic E-state index is 0.127. The van der Waals surface area contributed by atoms with E-state index in [9.17, 15) is 9.90 Å². The van der Waals surface area contributed by atoms with E-state index in [0.717, 1.165) is 37.1 Å². The molecule has 1 spiro atoms. The average molecular weight is 507 g/mol. The number of ether oxygens (including phenoxy) is 1. The van der Waals surface area contributed by atoms with Crippen LogP contribution in [0.1, 0.15) is 58.3 Å². The van der Waals surface area contributed by atoms with E-state index in [1.807, 2.05) is 37.3 Å². The molecule has 1 aromatic heterocycles. The number of piperidine rings is 1. The molecule has 2 fully saturated rings. The fourth-order valence-electron chi connectivity index (χ4n) is 4.58. The Hall–Kier alpha value is -3.16. The van der Waals surface area contributed by atoms with Crippen molar-refractivity contribution in [3.8, 4) is 5.88 Å². The number of carbonyl (C=O) groups is 1. The van der Waals surface area contributed by atoms with E-state index in [1.165, 1.54) is 18.4 Å². The second-order valence-corrected chi connectivity index (χ2v) is 10.3. The number of halogens is 1. The van der Waals surface area contributed by atoms with Crippen molar-refractivity contribution in [3.63, 3.8) is 0 Å². The van der Waals surface area contributed by atoms with Gasteiger partial charge in [0, 0.05) is 30.9 Å². The van der Waals surface area contributed by atoms with Gasteiger partial charge < -0.3 is 20.1 Å². The Morgan fingerprint density at radius 2 is 1.83 bits per heavy atom. The van der Waals surface area contributed by atoms with Crippen LogP contribution >= 0.6 is 11.6 Å². The number of aromatic nitrogens is 2. The van der Waals surface area contributed by atoms with E-state index in [4.69, 9.17) is 16.3 Å². The van der Waals surface area contributed by atoms with E-state index < -0.39 is 0 Å². The molecule has 2 N–H and O–H groups in total. The molecule has 2 aromatic carbocycles. The molecule has 0 bridgehead atoms. The van der Waals surface area contributed by atoms with Crippen molar-refractivity contribution in [2.45, 2.75) is 52.4 Å². The maximum Gasteiger partial charge on any atom is 0.258 e. The number of amides is 1. The van der Waals surface area contributed by atoms with Crippen molar-refractivity contribution in [1.29, 1.82) is 0 Å². The van der Waals surface area contributed by atoms with Crippen LogP contribution in [0, 0.1) is 12.3 Å². The molecule has 188 valence electrons. The third-order valence-electron chi connectivity index (χ3n) is 7.29.